The normalized spacial score (nSPS) is 11.8. The zero-order valence-electron chi connectivity index (χ0n) is 13.6. The lowest BCUT2D eigenvalue weighted by atomic mass is 10.1. The lowest BCUT2D eigenvalue weighted by Crippen LogP contribution is -2.41. The molecule has 2 aromatic rings. The minimum absolute atomic E-state index is 0.0497. The summed E-state index contributed by atoms with van der Waals surface area (Å²) < 4.78 is 0. The number of aromatic nitrogens is 1. The van der Waals surface area contributed by atoms with Crippen molar-refractivity contribution in [2.75, 3.05) is 11.9 Å². The second-order valence-electron chi connectivity index (χ2n) is 5.59. The van der Waals surface area contributed by atoms with Crippen LogP contribution < -0.4 is 5.32 Å². The number of nitrogens with zero attached hydrogens (tertiary/aromatic N) is 2. The quantitative estimate of drug-likeness (QED) is 0.860. The first-order valence-corrected chi connectivity index (χ1v) is 7.75. The minimum atomic E-state index is -0.180. The number of carbonyl (C=O) groups excluding carboxylic acids is 1. The zero-order chi connectivity index (χ0) is 16.7. The zero-order valence-corrected chi connectivity index (χ0v) is 13.6. The highest BCUT2D eigenvalue weighted by atomic mass is 16.3. The Bertz CT molecular complexity index is 631. The maximum Gasteiger partial charge on any atom is 0.322 e. The summed E-state index contributed by atoms with van der Waals surface area (Å²) in [6.45, 7) is 4.37. The van der Waals surface area contributed by atoms with Crippen molar-refractivity contribution in [2.24, 2.45) is 0 Å². The Hall–Kier alpha value is -2.40. The highest BCUT2D eigenvalue weighted by Gasteiger charge is 2.20. The van der Waals surface area contributed by atoms with E-state index in [1.54, 1.807) is 17.2 Å². The van der Waals surface area contributed by atoms with Gasteiger partial charge in [0.2, 0.25) is 0 Å². The van der Waals surface area contributed by atoms with Gasteiger partial charge in [-0.25, -0.2) is 4.79 Å². The van der Waals surface area contributed by atoms with Crippen molar-refractivity contribution in [3.63, 3.8) is 0 Å². The summed E-state index contributed by atoms with van der Waals surface area (Å²) in [5, 5.41) is 12.1. The van der Waals surface area contributed by atoms with Crippen LogP contribution in [0.5, 0.6) is 0 Å². The minimum Gasteiger partial charge on any atom is -0.396 e. The van der Waals surface area contributed by atoms with Gasteiger partial charge in [0.15, 0.2) is 0 Å². The molecule has 1 atom stereocenters. The Morgan fingerprint density at radius 1 is 1.30 bits per heavy atom. The van der Waals surface area contributed by atoms with Crippen LogP contribution in [0.1, 0.15) is 24.6 Å². The van der Waals surface area contributed by atoms with Crippen LogP contribution in [0.15, 0.2) is 48.7 Å². The van der Waals surface area contributed by atoms with Gasteiger partial charge in [0.1, 0.15) is 0 Å². The number of carbonyl (C=O) groups is 1. The van der Waals surface area contributed by atoms with Crippen LogP contribution in [0.3, 0.4) is 0 Å². The SMILES string of the molecule is Cc1cc(NC(=O)N(Cc2ccccc2)C(C)CCO)ccn1. The van der Waals surface area contributed by atoms with Gasteiger partial charge in [0, 0.05) is 36.8 Å². The van der Waals surface area contributed by atoms with Crippen LogP contribution in [0.4, 0.5) is 10.5 Å². The molecule has 1 aromatic heterocycles. The van der Waals surface area contributed by atoms with Crippen LogP contribution in [0.2, 0.25) is 0 Å². The van der Waals surface area contributed by atoms with E-state index in [0.717, 1.165) is 16.9 Å². The van der Waals surface area contributed by atoms with Gasteiger partial charge in [0.25, 0.3) is 0 Å². The van der Waals surface area contributed by atoms with Crippen LogP contribution in [0.25, 0.3) is 0 Å². The fraction of sp³-hybridized carbons (Fsp3) is 0.333. The number of aliphatic hydroxyl groups excluding tert-OH is 1. The Kier molecular flexibility index (Phi) is 6.11. The first kappa shape index (κ1) is 17.0. The maximum absolute atomic E-state index is 12.7. The third-order valence-electron chi connectivity index (χ3n) is 3.68. The van der Waals surface area contributed by atoms with Gasteiger partial charge < -0.3 is 15.3 Å². The molecule has 0 saturated carbocycles. The van der Waals surface area contributed by atoms with Crippen LogP contribution >= 0.6 is 0 Å². The number of aliphatic hydroxyl groups is 1. The summed E-state index contributed by atoms with van der Waals surface area (Å²) in [4.78, 5) is 18.5. The number of urea groups is 1. The molecule has 1 heterocycles. The molecule has 0 bridgehead atoms. The number of nitrogens with one attached hydrogen (secondary N) is 1. The van der Waals surface area contributed by atoms with Crippen LogP contribution in [-0.4, -0.2) is 33.7 Å². The van der Waals surface area contributed by atoms with Crippen molar-refractivity contribution in [1.82, 2.24) is 9.88 Å². The Morgan fingerprint density at radius 2 is 2.04 bits per heavy atom. The number of pyridine rings is 1. The lowest BCUT2D eigenvalue weighted by Gasteiger charge is -2.29. The summed E-state index contributed by atoms with van der Waals surface area (Å²) in [5.74, 6) is 0. The Balaban J connectivity index is 2.13. The van der Waals surface area contributed by atoms with E-state index < -0.39 is 0 Å². The lowest BCUT2D eigenvalue weighted by molar-refractivity contribution is 0.169. The van der Waals surface area contributed by atoms with E-state index >= 15 is 0 Å². The van der Waals surface area contributed by atoms with E-state index in [-0.39, 0.29) is 18.7 Å². The molecule has 5 nitrogen and oxygen atoms in total. The van der Waals surface area contributed by atoms with Gasteiger partial charge in [-0.2, -0.15) is 0 Å². The van der Waals surface area contributed by atoms with Gasteiger partial charge in [-0.1, -0.05) is 30.3 Å². The fourth-order valence-electron chi connectivity index (χ4n) is 2.37. The van der Waals surface area contributed by atoms with Crippen molar-refractivity contribution in [3.8, 4) is 0 Å². The van der Waals surface area contributed by atoms with E-state index in [0.29, 0.717) is 13.0 Å². The molecule has 122 valence electrons. The van der Waals surface area contributed by atoms with Crippen molar-refractivity contribution in [1.29, 1.82) is 0 Å². The van der Waals surface area contributed by atoms with E-state index in [2.05, 4.69) is 10.3 Å². The van der Waals surface area contributed by atoms with Gasteiger partial charge in [-0.3, -0.25) is 4.98 Å². The monoisotopic (exact) mass is 313 g/mol. The molecule has 0 fully saturated rings. The number of aryl methyl sites for hydroxylation is 1. The molecular formula is C18H23N3O2. The summed E-state index contributed by atoms with van der Waals surface area (Å²) >= 11 is 0. The average Bonchev–Trinajstić information content (AvgIpc) is 2.53. The van der Waals surface area contributed by atoms with Crippen LogP contribution in [0, 0.1) is 6.92 Å². The summed E-state index contributed by atoms with van der Waals surface area (Å²) in [7, 11) is 0. The summed E-state index contributed by atoms with van der Waals surface area (Å²) in [6, 6.07) is 13.2. The van der Waals surface area contributed by atoms with E-state index in [1.165, 1.54) is 0 Å². The number of rotatable bonds is 6. The molecule has 2 amide bonds. The molecule has 0 saturated heterocycles. The molecule has 0 aliphatic carbocycles. The molecule has 23 heavy (non-hydrogen) atoms. The molecule has 2 rings (SSSR count). The number of amides is 2. The van der Waals surface area contributed by atoms with E-state index in [1.807, 2.05) is 50.2 Å². The predicted octanol–water partition coefficient (Wildman–Crippen LogP) is 3.20. The van der Waals surface area contributed by atoms with Crippen molar-refractivity contribution >= 4 is 11.7 Å². The van der Waals surface area contributed by atoms with Crippen molar-refractivity contribution < 1.29 is 9.90 Å². The molecule has 0 spiro atoms. The predicted molar refractivity (Wildman–Crippen MR) is 91.1 cm³/mol. The second-order valence-corrected chi connectivity index (χ2v) is 5.59. The van der Waals surface area contributed by atoms with E-state index in [9.17, 15) is 9.90 Å². The third kappa shape index (κ3) is 5.07. The number of hydrogen-bond acceptors (Lipinski definition) is 3. The third-order valence-corrected chi connectivity index (χ3v) is 3.68. The first-order chi connectivity index (χ1) is 11.1. The van der Waals surface area contributed by atoms with E-state index in [4.69, 9.17) is 0 Å². The largest absolute Gasteiger partial charge is 0.396 e. The molecule has 1 unspecified atom stereocenters. The first-order valence-electron chi connectivity index (χ1n) is 7.75. The highest BCUT2D eigenvalue weighted by Crippen LogP contribution is 2.14. The molecule has 5 heteroatoms. The van der Waals surface area contributed by atoms with Gasteiger partial charge in [-0.05, 0) is 38.0 Å². The topological polar surface area (TPSA) is 65.5 Å². The van der Waals surface area contributed by atoms with Gasteiger partial charge in [-0.15, -0.1) is 0 Å². The van der Waals surface area contributed by atoms with Crippen molar-refractivity contribution in [2.45, 2.75) is 32.9 Å². The highest BCUT2D eigenvalue weighted by molar-refractivity contribution is 5.89. The molecule has 0 aliphatic heterocycles. The molecule has 0 radical (unpaired) electrons. The summed E-state index contributed by atoms with van der Waals surface area (Å²) in [5.41, 5.74) is 2.62. The number of benzene rings is 1. The second kappa shape index (κ2) is 8.29. The molecule has 2 N–H and O–H groups in total. The smallest absolute Gasteiger partial charge is 0.322 e. The Labute approximate surface area is 137 Å². The fourth-order valence-corrected chi connectivity index (χ4v) is 2.37. The Morgan fingerprint density at radius 3 is 2.70 bits per heavy atom. The van der Waals surface area contributed by atoms with Gasteiger partial charge in [0.05, 0.1) is 0 Å². The maximum atomic E-state index is 12.7. The molecular weight excluding hydrogens is 290 g/mol. The van der Waals surface area contributed by atoms with Crippen molar-refractivity contribution in [3.05, 3.63) is 59.9 Å². The molecule has 0 aliphatic rings. The summed E-state index contributed by atoms with van der Waals surface area (Å²) in [6.07, 6.45) is 2.21. The van der Waals surface area contributed by atoms with Gasteiger partial charge >= 0.3 is 6.03 Å². The number of hydrogen-bond donors (Lipinski definition) is 2. The average molecular weight is 313 g/mol. The van der Waals surface area contributed by atoms with Crippen LogP contribution in [-0.2, 0) is 6.54 Å². The number of anilines is 1. The molecule has 1 aromatic carbocycles. The standard InChI is InChI=1S/C18H23N3O2/c1-14-12-17(8-10-19-14)20-18(23)21(15(2)9-11-22)13-16-6-4-3-5-7-16/h3-8,10,12,15,22H,9,11,13H2,1-2H3,(H,19,20,23).